The lowest BCUT2D eigenvalue weighted by atomic mass is 9.96. The summed E-state index contributed by atoms with van der Waals surface area (Å²) in [4.78, 5) is 25.2. The van der Waals surface area contributed by atoms with Crippen molar-refractivity contribution in [2.75, 3.05) is 18.1 Å². The molecule has 4 aromatic rings. The van der Waals surface area contributed by atoms with Crippen LogP contribution in [-0.2, 0) is 36.1 Å². The number of fused-ring (bicyclic) bond motifs is 1. The SMILES string of the molecule is CC(C)(NP(=O)(OCC1O[C@@H](n2cnc3c(N)nc(N)nc32)[C@](C)(O)[C@@H]1O)Oc1ccc(Cl)cc1)C(=O)OCc1ccccc1C(F)(F)F. The summed E-state index contributed by atoms with van der Waals surface area (Å²) in [5, 5.41) is 25.2. The van der Waals surface area contributed by atoms with E-state index in [0.717, 1.165) is 12.1 Å². The molecule has 5 atom stereocenters. The molecule has 264 valence electrons. The number of hydrogen-bond acceptors (Lipinski definition) is 13. The lowest BCUT2D eigenvalue weighted by Crippen LogP contribution is -2.47. The van der Waals surface area contributed by atoms with Gasteiger partial charge in [-0.1, -0.05) is 29.8 Å². The van der Waals surface area contributed by atoms with Gasteiger partial charge in [0.15, 0.2) is 17.7 Å². The number of carbonyl (C=O) groups is 1. The van der Waals surface area contributed by atoms with Crippen molar-refractivity contribution in [3.05, 3.63) is 71.0 Å². The zero-order chi connectivity index (χ0) is 35.9. The lowest BCUT2D eigenvalue weighted by Gasteiger charge is -2.30. The number of alkyl halides is 3. The van der Waals surface area contributed by atoms with E-state index in [0.29, 0.717) is 5.02 Å². The maximum Gasteiger partial charge on any atom is 0.459 e. The smallest absolute Gasteiger partial charge is 0.459 e. The van der Waals surface area contributed by atoms with Crippen molar-refractivity contribution >= 4 is 48.2 Å². The van der Waals surface area contributed by atoms with Gasteiger partial charge >= 0.3 is 19.9 Å². The largest absolute Gasteiger partial charge is 0.459 e. The Balaban J connectivity index is 1.36. The summed E-state index contributed by atoms with van der Waals surface area (Å²) in [7, 11) is -4.64. The Labute approximate surface area is 281 Å². The fraction of sp³-hybridized carbons (Fsp3) is 0.379. The van der Waals surface area contributed by atoms with Gasteiger partial charge in [-0.05, 0) is 51.1 Å². The Kier molecular flexibility index (Phi) is 9.88. The van der Waals surface area contributed by atoms with Crippen LogP contribution in [0.25, 0.3) is 11.2 Å². The van der Waals surface area contributed by atoms with E-state index in [4.69, 9.17) is 41.6 Å². The molecule has 0 bridgehead atoms. The van der Waals surface area contributed by atoms with Crippen LogP contribution >= 0.6 is 19.3 Å². The zero-order valence-corrected chi connectivity index (χ0v) is 27.7. The summed E-state index contributed by atoms with van der Waals surface area (Å²) >= 11 is 5.96. The molecule has 5 rings (SSSR count). The van der Waals surface area contributed by atoms with Gasteiger partial charge in [0.2, 0.25) is 5.95 Å². The fourth-order valence-corrected chi connectivity index (χ4v) is 6.83. The number of aliphatic hydroxyl groups is 2. The number of halogens is 4. The van der Waals surface area contributed by atoms with Crippen LogP contribution in [0.15, 0.2) is 54.9 Å². The average Bonchev–Trinajstić information content (AvgIpc) is 3.52. The third kappa shape index (κ3) is 7.75. The predicted octanol–water partition coefficient (Wildman–Crippen LogP) is 3.99. The Bertz CT molecular complexity index is 1890. The summed E-state index contributed by atoms with van der Waals surface area (Å²) in [5.74, 6) is -1.32. The minimum absolute atomic E-state index is 0.0130. The molecule has 0 saturated carbocycles. The highest BCUT2D eigenvalue weighted by Crippen LogP contribution is 2.48. The molecule has 3 heterocycles. The first-order valence-corrected chi connectivity index (χ1v) is 16.4. The predicted molar refractivity (Wildman–Crippen MR) is 169 cm³/mol. The van der Waals surface area contributed by atoms with Crippen molar-refractivity contribution in [2.45, 2.75) is 63.1 Å². The average molecular weight is 730 g/mol. The molecule has 15 nitrogen and oxygen atoms in total. The molecular weight excluding hydrogens is 698 g/mol. The van der Waals surface area contributed by atoms with Crippen LogP contribution in [0.1, 0.15) is 38.1 Å². The molecule has 7 N–H and O–H groups in total. The van der Waals surface area contributed by atoms with Crippen molar-refractivity contribution in [1.82, 2.24) is 24.6 Å². The molecule has 0 aliphatic carbocycles. The zero-order valence-electron chi connectivity index (χ0n) is 26.1. The van der Waals surface area contributed by atoms with E-state index in [1.165, 1.54) is 68.1 Å². The summed E-state index contributed by atoms with van der Waals surface area (Å²) in [6, 6.07) is 10.2. The van der Waals surface area contributed by atoms with Gasteiger partial charge in [0, 0.05) is 10.6 Å². The van der Waals surface area contributed by atoms with Gasteiger partial charge in [-0.2, -0.15) is 28.2 Å². The Hall–Kier alpha value is -4.03. The molecule has 0 radical (unpaired) electrons. The van der Waals surface area contributed by atoms with E-state index >= 15 is 0 Å². The van der Waals surface area contributed by atoms with Crippen LogP contribution in [0.3, 0.4) is 0 Å². The Morgan fingerprint density at radius 1 is 1.16 bits per heavy atom. The topological polar surface area (TPSA) is 219 Å². The first-order valence-electron chi connectivity index (χ1n) is 14.4. The normalized spacial score (nSPS) is 22.6. The number of imidazole rings is 1. The number of nitrogens with zero attached hydrogens (tertiary/aromatic N) is 4. The monoisotopic (exact) mass is 729 g/mol. The summed E-state index contributed by atoms with van der Waals surface area (Å²) in [5.41, 5.74) is 6.71. The number of carbonyl (C=O) groups excluding carboxylic acids is 1. The highest BCUT2D eigenvalue weighted by molar-refractivity contribution is 7.52. The molecule has 2 unspecified atom stereocenters. The first kappa shape index (κ1) is 36.3. The third-order valence-corrected chi connectivity index (χ3v) is 9.55. The maximum atomic E-state index is 14.2. The highest BCUT2D eigenvalue weighted by Gasteiger charge is 2.54. The second-order valence-corrected chi connectivity index (χ2v) is 13.9. The second-order valence-electron chi connectivity index (χ2n) is 11.8. The molecule has 0 amide bonds. The molecule has 1 fully saturated rings. The van der Waals surface area contributed by atoms with Crippen molar-refractivity contribution in [3.63, 3.8) is 0 Å². The summed E-state index contributed by atoms with van der Waals surface area (Å²) in [6.07, 6.45) is -7.77. The molecule has 2 aromatic carbocycles. The van der Waals surface area contributed by atoms with Crippen LogP contribution in [-0.4, -0.2) is 65.7 Å². The van der Waals surface area contributed by atoms with Crippen molar-refractivity contribution < 1.29 is 51.3 Å². The molecule has 20 heteroatoms. The molecule has 0 spiro atoms. The van der Waals surface area contributed by atoms with Gasteiger partial charge < -0.3 is 35.7 Å². The quantitative estimate of drug-likeness (QED) is 0.109. The molecule has 49 heavy (non-hydrogen) atoms. The van der Waals surface area contributed by atoms with Crippen LogP contribution in [0.4, 0.5) is 24.9 Å². The number of nitrogen functional groups attached to an aromatic ring is 2. The van der Waals surface area contributed by atoms with Gasteiger partial charge in [0.05, 0.1) is 18.5 Å². The van der Waals surface area contributed by atoms with E-state index in [-0.39, 0.29) is 34.2 Å². The van der Waals surface area contributed by atoms with Crippen molar-refractivity contribution in [1.29, 1.82) is 0 Å². The van der Waals surface area contributed by atoms with Gasteiger partial charge in [-0.3, -0.25) is 13.9 Å². The van der Waals surface area contributed by atoms with E-state index in [2.05, 4.69) is 20.0 Å². The fourth-order valence-electron chi connectivity index (χ4n) is 5.03. The van der Waals surface area contributed by atoms with Crippen LogP contribution in [0.2, 0.25) is 5.02 Å². The van der Waals surface area contributed by atoms with Gasteiger partial charge in [0.1, 0.15) is 41.2 Å². The minimum atomic E-state index is -4.69. The molecule has 1 saturated heterocycles. The Morgan fingerprint density at radius 2 is 1.84 bits per heavy atom. The van der Waals surface area contributed by atoms with E-state index in [1.807, 2.05) is 0 Å². The number of aliphatic hydroxyl groups excluding tert-OH is 1. The van der Waals surface area contributed by atoms with Gasteiger partial charge in [-0.15, -0.1) is 0 Å². The van der Waals surface area contributed by atoms with Gasteiger partial charge in [-0.25, -0.2) is 9.55 Å². The van der Waals surface area contributed by atoms with Crippen LogP contribution in [0, 0.1) is 0 Å². The van der Waals surface area contributed by atoms with Crippen molar-refractivity contribution in [2.24, 2.45) is 0 Å². The maximum absolute atomic E-state index is 14.2. The molecule has 1 aliphatic heterocycles. The van der Waals surface area contributed by atoms with E-state index in [9.17, 15) is 32.7 Å². The molecule has 1 aliphatic rings. The summed E-state index contributed by atoms with van der Waals surface area (Å²) in [6.45, 7) is 2.35. The number of rotatable bonds is 11. The number of aromatic nitrogens is 4. The van der Waals surface area contributed by atoms with Crippen LogP contribution < -0.4 is 21.1 Å². The van der Waals surface area contributed by atoms with Crippen LogP contribution in [0.5, 0.6) is 5.75 Å². The van der Waals surface area contributed by atoms with E-state index < -0.39 is 68.2 Å². The first-order chi connectivity index (χ1) is 22.8. The highest BCUT2D eigenvalue weighted by atomic mass is 35.5. The minimum Gasteiger partial charge on any atom is -0.459 e. The number of esters is 1. The second kappa shape index (κ2) is 13.4. The van der Waals surface area contributed by atoms with E-state index in [1.54, 1.807) is 0 Å². The van der Waals surface area contributed by atoms with Gasteiger partial charge in [0.25, 0.3) is 0 Å². The number of anilines is 2. The number of nitrogens with two attached hydrogens (primary N) is 2. The Morgan fingerprint density at radius 3 is 2.51 bits per heavy atom. The molecule has 2 aromatic heterocycles. The number of nitrogens with one attached hydrogen (secondary N) is 1. The number of benzene rings is 2. The number of hydrogen-bond donors (Lipinski definition) is 5. The number of ether oxygens (including phenoxy) is 2. The lowest BCUT2D eigenvalue weighted by molar-refractivity contribution is -0.152. The van der Waals surface area contributed by atoms with Crippen molar-refractivity contribution in [3.8, 4) is 5.75 Å². The third-order valence-electron chi connectivity index (χ3n) is 7.53. The standard InChI is InChI=1S/C29H32ClF3N7O8P/c1-27(2,25(42)45-12-15-6-4-5-7-18(15)29(31,32)33)39-49(44,48-17-10-8-16(30)9-11-17)46-13-19-21(41)28(3,43)24(47-19)40-14-36-20-22(34)37-26(35)38-23(20)40/h4-11,14,19,21,24,41,43H,12-13H2,1-3H3,(H,39,44)(H4,34,35,37,38)/t19?,21-,24-,28-,49?/m1/s1. The summed E-state index contributed by atoms with van der Waals surface area (Å²) < 4.78 is 78.3. The molecular formula is C29H32ClF3N7O8P.